The molecule has 1 aromatic carbocycles. The average Bonchev–Trinajstić information content (AvgIpc) is 2.27. The Kier molecular flexibility index (Phi) is 7.30. The first-order chi connectivity index (χ1) is 9.13. The van der Waals surface area contributed by atoms with Crippen molar-refractivity contribution in [2.75, 3.05) is 6.61 Å². The van der Waals surface area contributed by atoms with Crippen LogP contribution in [0.5, 0.6) is 5.75 Å². The van der Waals surface area contributed by atoms with Gasteiger partial charge in [0.1, 0.15) is 0 Å². The maximum absolute atomic E-state index is 10.1. The molecule has 0 aliphatic heterocycles. The van der Waals surface area contributed by atoms with Crippen LogP contribution in [-0.4, -0.2) is 36.0 Å². The summed E-state index contributed by atoms with van der Waals surface area (Å²) in [4.78, 5) is 19.3. The third-order valence-electron chi connectivity index (χ3n) is 2.16. The van der Waals surface area contributed by atoms with E-state index in [0.717, 1.165) is 6.04 Å². The maximum Gasteiger partial charge on any atom is 0.505 e. The topological polar surface area (TPSA) is 110 Å². The number of hydrogen-bond acceptors (Lipinski definition) is 5. The molecule has 112 valence electrons. The number of aromatic hydroxyl groups is 1. The van der Waals surface area contributed by atoms with Crippen LogP contribution < -0.4 is 0 Å². The highest BCUT2D eigenvalue weighted by molar-refractivity contribution is 6.76. The summed E-state index contributed by atoms with van der Waals surface area (Å²) < 4.78 is 4.37. The number of para-hydroxylation sites is 2. The normalized spacial score (nSPS) is 10.2. The van der Waals surface area contributed by atoms with Crippen molar-refractivity contribution in [3.63, 3.8) is 0 Å². The fourth-order valence-electron chi connectivity index (χ4n) is 1.06. The van der Waals surface area contributed by atoms with Gasteiger partial charge in [-0.05, 0) is 12.1 Å². The molecule has 20 heavy (non-hydrogen) atoms. The van der Waals surface area contributed by atoms with E-state index in [9.17, 15) is 14.9 Å². The number of hydrogen-bond donors (Lipinski definition) is 2. The monoisotopic (exact) mass is 301 g/mol. The van der Waals surface area contributed by atoms with Gasteiger partial charge in [-0.25, -0.2) is 4.79 Å². The zero-order valence-corrected chi connectivity index (χ0v) is 12.7. The molecule has 0 saturated carbocycles. The predicted octanol–water partition coefficient (Wildman–Crippen LogP) is 3.32. The molecule has 0 heterocycles. The van der Waals surface area contributed by atoms with Gasteiger partial charge in [0.05, 0.1) is 11.5 Å². The lowest BCUT2D eigenvalue weighted by atomic mass is 10.3. The molecule has 0 aliphatic rings. The van der Waals surface area contributed by atoms with Crippen molar-refractivity contribution < 1.29 is 24.7 Å². The second-order valence-corrected chi connectivity index (χ2v) is 10.8. The molecule has 7 nitrogen and oxygen atoms in total. The van der Waals surface area contributed by atoms with Crippen LogP contribution in [0.4, 0.5) is 10.5 Å². The molecule has 0 aliphatic carbocycles. The number of carboxylic acid groups (broad SMARTS) is 1. The summed E-state index contributed by atoms with van der Waals surface area (Å²) in [5, 5.41) is 27.0. The molecule has 0 unspecified atom stereocenters. The summed E-state index contributed by atoms with van der Waals surface area (Å²) in [6, 6.07) is 6.45. The van der Waals surface area contributed by atoms with Crippen molar-refractivity contribution in [2.45, 2.75) is 25.7 Å². The predicted molar refractivity (Wildman–Crippen MR) is 76.9 cm³/mol. The Morgan fingerprint density at radius 3 is 2.25 bits per heavy atom. The van der Waals surface area contributed by atoms with Crippen LogP contribution in [0.15, 0.2) is 24.3 Å². The van der Waals surface area contributed by atoms with Gasteiger partial charge >= 0.3 is 11.8 Å². The lowest BCUT2D eigenvalue weighted by Crippen LogP contribution is -2.22. The van der Waals surface area contributed by atoms with E-state index in [1.165, 1.54) is 24.3 Å². The third kappa shape index (κ3) is 8.92. The molecule has 0 amide bonds. The Hall–Kier alpha value is -2.09. The fourth-order valence-corrected chi connectivity index (χ4v) is 1.78. The van der Waals surface area contributed by atoms with Crippen LogP contribution in [0.3, 0.4) is 0 Å². The minimum atomic E-state index is -1.17. The Morgan fingerprint density at radius 1 is 1.35 bits per heavy atom. The molecule has 1 rings (SSSR count). The zero-order chi connectivity index (χ0) is 15.8. The molecule has 1 aromatic rings. The lowest BCUT2D eigenvalue weighted by Gasteiger charge is -2.13. The van der Waals surface area contributed by atoms with E-state index in [1.807, 2.05) is 0 Å². The van der Waals surface area contributed by atoms with Gasteiger partial charge in [0.25, 0.3) is 0 Å². The Labute approximate surface area is 118 Å². The summed E-state index contributed by atoms with van der Waals surface area (Å²) in [6.07, 6.45) is -1.17. The first-order valence-corrected chi connectivity index (χ1v) is 9.62. The number of phenolic OH excluding ortho intramolecular Hbond substituents is 1. The summed E-state index contributed by atoms with van der Waals surface area (Å²) in [6.45, 7) is 6.89. The van der Waals surface area contributed by atoms with Gasteiger partial charge in [0.15, 0.2) is 5.75 Å². The second-order valence-electron chi connectivity index (χ2n) is 5.17. The van der Waals surface area contributed by atoms with Gasteiger partial charge in [-0.15, -0.1) is 0 Å². The van der Waals surface area contributed by atoms with Crippen molar-refractivity contribution in [1.29, 1.82) is 0 Å². The van der Waals surface area contributed by atoms with Gasteiger partial charge < -0.3 is 14.9 Å². The number of nitro groups is 1. The van der Waals surface area contributed by atoms with Crippen LogP contribution in [0.1, 0.15) is 0 Å². The van der Waals surface area contributed by atoms with E-state index < -0.39 is 19.2 Å². The molecule has 0 radical (unpaired) electrons. The van der Waals surface area contributed by atoms with Crippen LogP contribution in [0.2, 0.25) is 25.7 Å². The molecule has 0 spiro atoms. The largest absolute Gasteiger partial charge is 0.505 e. The molecule has 8 heteroatoms. The molecule has 0 saturated heterocycles. The third-order valence-corrected chi connectivity index (χ3v) is 3.86. The van der Waals surface area contributed by atoms with E-state index in [0.29, 0.717) is 6.61 Å². The van der Waals surface area contributed by atoms with E-state index in [2.05, 4.69) is 24.4 Å². The van der Waals surface area contributed by atoms with Crippen molar-refractivity contribution in [1.82, 2.24) is 0 Å². The van der Waals surface area contributed by atoms with Crippen LogP contribution in [0, 0.1) is 10.1 Å². The standard InChI is InChI=1S/C6H5NO3.C6H14O3Si/c8-6-4-2-1-3-5(6)7(9)10;1-10(2,3)5-4-9-6(7)8/h1-4,8H;4-5H2,1-3H3,(H,7,8). The number of rotatable bonds is 4. The summed E-state index contributed by atoms with van der Waals surface area (Å²) in [7, 11) is -1.11. The molecule has 2 N–H and O–H groups in total. The van der Waals surface area contributed by atoms with Crippen molar-refractivity contribution in [2.24, 2.45) is 0 Å². The van der Waals surface area contributed by atoms with E-state index >= 15 is 0 Å². The zero-order valence-electron chi connectivity index (χ0n) is 11.7. The quantitative estimate of drug-likeness (QED) is 0.382. The first-order valence-electron chi connectivity index (χ1n) is 5.91. The van der Waals surface area contributed by atoms with E-state index in [1.54, 1.807) is 0 Å². The summed E-state index contributed by atoms with van der Waals surface area (Å²) in [5.41, 5.74) is -0.262. The van der Waals surface area contributed by atoms with Crippen molar-refractivity contribution in [3.8, 4) is 5.75 Å². The highest BCUT2D eigenvalue weighted by atomic mass is 28.3. The van der Waals surface area contributed by atoms with Gasteiger partial charge in [0.2, 0.25) is 0 Å². The van der Waals surface area contributed by atoms with Gasteiger partial charge in [-0.3, -0.25) is 10.1 Å². The highest BCUT2D eigenvalue weighted by Gasteiger charge is 2.13. The summed E-state index contributed by atoms with van der Waals surface area (Å²) in [5.74, 6) is -0.299. The van der Waals surface area contributed by atoms with Gasteiger partial charge in [-0.2, -0.15) is 0 Å². The number of carbonyl (C=O) groups is 1. The minimum Gasteiger partial charge on any atom is -0.502 e. The van der Waals surface area contributed by atoms with Crippen LogP contribution in [-0.2, 0) is 4.74 Å². The molecule has 0 atom stereocenters. The van der Waals surface area contributed by atoms with E-state index in [4.69, 9.17) is 10.2 Å². The molecule has 0 fully saturated rings. The number of benzene rings is 1. The second kappa shape index (κ2) is 8.15. The maximum atomic E-state index is 10.1. The van der Waals surface area contributed by atoms with E-state index in [-0.39, 0.29) is 11.4 Å². The Balaban J connectivity index is 0.000000361. The molecule has 0 bridgehead atoms. The van der Waals surface area contributed by atoms with Gasteiger partial charge in [-0.1, -0.05) is 31.8 Å². The number of nitrogens with zero attached hydrogens (tertiary/aromatic N) is 1. The number of phenols is 1. The number of nitro benzene ring substituents is 1. The van der Waals surface area contributed by atoms with Crippen LogP contribution in [0.25, 0.3) is 0 Å². The summed E-state index contributed by atoms with van der Waals surface area (Å²) >= 11 is 0. The average molecular weight is 301 g/mol. The smallest absolute Gasteiger partial charge is 0.502 e. The molecular weight excluding hydrogens is 282 g/mol. The molecule has 0 aromatic heterocycles. The van der Waals surface area contributed by atoms with Crippen molar-refractivity contribution >= 4 is 19.9 Å². The van der Waals surface area contributed by atoms with Crippen LogP contribution >= 0.6 is 0 Å². The first kappa shape index (κ1) is 17.9. The van der Waals surface area contributed by atoms with Gasteiger partial charge in [0, 0.05) is 14.1 Å². The molecular formula is C12H19NO6Si. The lowest BCUT2D eigenvalue weighted by molar-refractivity contribution is -0.385. The number of ether oxygens (including phenoxy) is 1. The Morgan fingerprint density at radius 2 is 1.90 bits per heavy atom. The minimum absolute atomic E-state index is 0.262. The highest BCUT2D eigenvalue weighted by Crippen LogP contribution is 2.23. The SMILES string of the molecule is C[Si](C)(C)CCOC(=O)O.O=[N+]([O-])c1ccccc1O. The van der Waals surface area contributed by atoms with Crippen molar-refractivity contribution in [3.05, 3.63) is 34.4 Å². The fraction of sp³-hybridized carbons (Fsp3) is 0.417. The Bertz CT molecular complexity index is 458.